The summed E-state index contributed by atoms with van der Waals surface area (Å²) in [6.07, 6.45) is 2.36. The average molecular weight is 324 g/mol. The average Bonchev–Trinajstić information content (AvgIpc) is 2.90. The number of sulfonamides is 1. The van der Waals surface area contributed by atoms with Crippen LogP contribution in [0.3, 0.4) is 0 Å². The summed E-state index contributed by atoms with van der Waals surface area (Å²) >= 11 is 0. The zero-order valence-electron chi connectivity index (χ0n) is 12.7. The minimum Gasteiger partial charge on any atom is -0.263 e. The Morgan fingerprint density at radius 1 is 1.04 bits per heavy atom. The number of hydrogen-bond acceptors (Lipinski definition) is 3. The van der Waals surface area contributed by atoms with Crippen molar-refractivity contribution in [1.29, 1.82) is 0 Å². The first kappa shape index (κ1) is 14.2. The fourth-order valence-corrected chi connectivity index (χ4v) is 5.16. The van der Waals surface area contributed by atoms with Crippen LogP contribution in [0.25, 0.3) is 10.9 Å². The van der Waals surface area contributed by atoms with Crippen LogP contribution < -0.4 is 4.31 Å². The first-order valence-corrected chi connectivity index (χ1v) is 8.99. The third kappa shape index (κ3) is 2.11. The molecular weight excluding hydrogens is 308 g/mol. The van der Waals surface area contributed by atoms with E-state index in [1.165, 1.54) is 4.31 Å². The van der Waals surface area contributed by atoms with Gasteiger partial charge in [-0.25, -0.2) is 8.42 Å². The van der Waals surface area contributed by atoms with E-state index in [0.29, 0.717) is 5.52 Å². The van der Waals surface area contributed by atoms with Crippen LogP contribution in [0, 0.1) is 0 Å². The number of benzene rings is 2. The van der Waals surface area contributed by atoms with E-state index in [1.807, 2.05) is 49.4 Å². The third-order valence-corrected chi connectivity index (χ3v) is 6.24. The van der Waals surface area contributed by atoms with E-state index in [2.05, 4.69) is 4.98 Å². The van der Waals surface area contributed by atoms with E-state index in [0.717, 1.165) is 23.1 Å². The summed E-state index contributed by atoms with van der Waals surface area (Å²) in [6, 6.07) is 16.6. The van der Waals surface area contributed by atoms with Gasteiger partial charge >= 0.3 is 0 Å². The van der Waals surface area contributed by atoms with Crippen LogP contribution in [0.4, 0.5) is 5.69 Å². The van der Waals surface area contributed by atoms with E-state index in [4.69, 9.17) is 0 Å². The van der Waals surface area contributed by atoms with Gasteiger partial charge in [-0.1, -0.05) is 36.4 Å². The third-order valence-electron chi connectivity index (χ3n) is 4.28. The van der Waals surface area contributed by atoms with Gasteiger partial charge in [-0.3, -0.25) is 9.29 Å². The maximum Gasteiger partial charge on any atom is 0.266 e. The van der Waals surface area contributed by atoms with E-state index in [1.54, 1.807) is 18.3 Å². The number of pyridine rings is 1. The Morgan fingerprint density at radius 3 is 2.70 bits per heavy atom. The van der Waals surface area contributed by atoms with Crippen LogP contribution in [0.5, 0.6) is 0 Å². The number of anilines is 1. The molecule has 2 heterocycles. The van der Waals surface area contributed by atoms with Crippen LogP contribution in [-0.4, -0.2) is 19.4 Å². The molecule has 1 aliphatic heterocycles. The van der Waals surface area contributed by atoms with Crippen molar-refractivity contribution in [2.45, 2.75) is 24.3 Å². The molecule has 0 saturated carbocycles. The molecule has 0 saturated heterocycles. The van der Waals surface area contributed by atoms with Gasteiger partial charge in [-0.15, -0.1) is 0 Å². The van der Waals surface area contributed by atoms with Crippen LogP contribution >= 0.6 is 0 Å². The molecule has 0 amide bonds. The zero-order valence-corrected chi connectivity index (χ0v) is 13.5. The molecule has 0 N–H and O–H groups in total. The number of nitrogens with zero attached hydrogens (tertiary/aromatic N) is 2. The molecule has 0 aliphatic carbocycles. The van der Waals surface area contributed by atoms with E-state index in [9.17, 15) is 8.42 Å². The summed E-state index contributed by atoms with van der Waals surface area (Å²) in [5.74, 6) is 0. The highest BCUT2D eigenvalue weighted by Crippen LogP contribution is 2.37. The summed E-state index contributed by atoms with van der Waals surface area (Å²) in [4.78, 5) is 4.56. The normalized spacial score (nSPS) is 17.4. The van der Waals surface area contributed by atoms with Crippen molar-refractivity contribution < 1.29 is 8.42 Å². The quantitative estimate of drug-likeness (QED) is 0.726. The molecule has 23 heavy (non-hydrogen) atoms. The first-order chi connectivity index (χ1) is 11.1. The molecule has 0 spiro atoms. The van der Waals surface area contributed by atoms with Crippen molar-refractivity contribution in [3.8, 4) is 0 Å². The minimum absolute atomic E-state index is 0.101. The predicted octanol–water partition coefficient (Wildman–Crippen LogP) is 3.37. The fraction of sp³-hybridized carbons (Fsp3) is 0.167. The molecule has 3 aromatic rings. The van der Waals surface area contributed by atoms with Gasteiger partial charge in [0.25, 0.3) is 10.0 Å². The van der Waals surface area contributed by atoms with E-state index >= 15 is 0 Å². The van der Waals surface area contributed by atoms with Gasteiger partial charge in [0.1, 0.15) is 4.90 Å². The highest BCUT2D eigenvalue weighted by atomic mass is 32.2. The van der Waals surface area contributed by atoms with Gasteiger partial charge < -0.3 is 0 Å². The molecule has 4 rings (SSSR count). The molecule has 116 valence electrons. The minimum atomic E-state index is -3.66. The number of hydrogen-bond donors (Lipinski definition) is 0. The van der Waals surface area contributed by atoms with Gasteiger partial charge in [-0.2, -0.15) is 0 Å². The van der Waals surface area contributed by atoms with Crippen LogP contribution in [0.15, 0.2) is 65.7 Å². The zero-order chi connectivity index (χ0) is 16.0. The van der Waals surface area contributed by atoms with Crippen LogP contribution in [0.1, 0.15) is 12.5 Å². The Hall–Kier alpha value is -2.40. The molecule has 5 heteroatoms. The Bertz CT molecular complexity index is 993. The standard InChI is InChI=1S/C18H16N2O2S/c1-13-12-15-6-2-3-9-16(15)20(13)23(21,22)17-10-4-7-14-8-5-11-19-18(14)17/h2-11,13H,12H2,1H3/t13-/m1/s1. The first-order valence-electron chi connectivity index (χ1n) is 7.55. The second-order valence-corrected chi connectivity index (χ2v) is 7.60. The van der Waals surface area contributed by atoms with Crippen LogP contribution in [0.2, 0.25) is 0 Å². The van der Waals surface area contributed by atoms with Gasteiger partial charge in [0.2, 0.25) is 0 Å². The second kappa shape index (κ2) is 5.06. The number of aromatic nitrogens is 1. The van der Waals surface area contributed by atoms with Crippen molar-refractivity contribution in [2.75, 3.05) is 4.31 Å². The highest BCUT2D eigenvalue weighted by molar-refractivity contribution is 7.93. The van der Waals surface area contributed by atoms with Gasteiger partial charge in [0.05, 0.1) is 11.2 Å². The maximum absolute atomic E-state index is 13.3. The highest BCUT2D eigenvalue weighted by Gasteiger charge is 2.36. The molecule has 1 aliphatic rings. The van der Waals surface area contributed by atoms with Crippen molar-refractivity contribution >= 4 is 26.6 Å². The van der Waals surface area contributed by atoms with Crippen molar-refractivity contribution in [3.05, 3.63) is 66.4 Å². The Kier molecular flexibility index (Phi) is 3.13. The molecule has 1 aromatic heterocycles. The van der Waals surface area contributed by atoms with Crippen molar-refractivity contribution in [1.82, 2.24) is 4.98 Å². The largest absolute Gasteiger partial charge is 0.266 e. The van der Waals surface area contributed by atoms with E-state index in [-0.39, 0.29) is 10.9 Å². The molecule has 2 aromatic carbocycles. The van der Waals surface area contributed by atoms with Gasteiger partial charge in [-0.05, 0) is 37.1 Å². The summed E-state index contributed by atoms with van der Waals surface area (Å²) in [5, 5.41) is 0.828. The lowest BCUT2D eigenvalue weighted by atomic mass is 10.1. The summed E-state index contributed by atoms with van der Waals surface area (Å²) in [7, 11) is -3.66. The Balaban J connectivity index is 1.94. The molecule has 4 nitrogen and oxygen atoms in total. The molecule has 0 unspecified atom stereocenters. The molecule has 1 atom stereocenters. The van der Waals surface area contributed by atoms with Crippen LogP contribution in [-0.2, 0) is 16.4 Å². The predicted molar refractivity (Wildman–Crippen MR) is 91.0 cm³/mol. The molecule has 0 radical (unpaired) electrons. The molecular formula is C18H16N2O2S. The summed E-state index contributed by atoms with van der Waals surface area (Å²) in [5.41, 5.74) is 2.36. The topological polar surface area (TPSA) is 50.3 Å². The summed E-state index contributed by atoms with van der Waals surface area (Å²) < 4.78 is 28.1. The smallest absolute Gasteiger partial charge is 0.263 e. The lowest BCUT2D eigenvalue weighted by Gasteiger charge is -2.24. The van der Waals surface area contributed by atoms with Crippen molar-refractivity contribution in [2.24, 2.45) is 0 Å². The number of rotatable bonds is 2. The van der Waals surface area contributed by atoms with Gasteiger partial charge in [0.15, 0.2) is 0 Å². The second-order valence-electron chi connectivity index (χ2n) is 5.81. The number of fused-ring (bicyclic) bond motifs is 2. The maximum atomic E-state index is 13.3. The molecule has 0 fully saturated rings. The monoisotopic (exact) mass is 324 g/mol. The lowest BCUT2D eigenvalue weighted by molar-refractivity contribution is 0.585. The molecule has 0 bridgehead atoms. The Morgan fingerprint density at radius 2 is 1.83 bits per heavy atom. The van der Waals surface area contributed by atoms with Crippen molar-refractivity contribution in [3.63, 3.8) is 0 Å². The number of para-hydroxylation sites is 2. The summed E-state index contributed by atoms with van der Waals surface area (Å²) in [6.45, 7) is 1.94. The SMILES string of the molecule is C[C@@H]1Cc2ccccc2N1S(=O)(=O)c1cccc2cccnc12. The lowest BCUT2D eigenvalue weighted by Crippen LogP contribution is -2.35. The fourth-order valence-electron chi connectivity index (χ4n) is 3.29. The van der Waals surface area contributed by atoms with Gasteiger partial charge in [0, 0.05) is 17.6 Å². The Labute approximate surface area is 135 Å². The van der Waals surface area contributed by atoms with E-state index < -0.39 is 10.0 Å².